The van der Waals surface area contributed by atoms with Crippen molar-refractivity contribution in [1.82, 2.24) is 30.5 Å². The predicted molar refractivity (Wildman–Crippen MR) is 147 cm³/mol. The maximum atomic E-state index is 13.2. The molecule has 14 nitrogen and oxygen atoms in total. The Labute approximate surface area is 239 Å². The minimum Gasteiger partial charge on any atom is -0.497 e. The van der Waals surface area contributed by atoms with Crippen LogP contribution in [0.3, 0.4) is 0 Å². The van der Waals surface area contributed by atoms with E-state index in [1.54, 1.807) is 47.6 Å². The van der Waals surface area contributed by atoms with Gasteiger partial charge in [-0.25, -0.2) is 24.4 Å². The molecule has 2 aromatic heterocycles. The number of aromatic nitrogens is 3. The Morgan fingerprint density at radius 2 is 1.71 bits per heavy atom. The molecule has 226 valence electrons. The van der Waals surface area contributed by atoms with E-state index in [0.29, 0.717) is 17.1 Å². The van der Waals surface area contributed by atoms with Gasteiger partial charge in [0.15, 0.2) is 0 Å². The van der Waals surface area contributed by atoms with Crippen molar-refractivity contribution in [2.24, 2.45) is 0 Å². The number of nitrogens with zero attached hydrogens (tertiary/aromatic N) is 3. The Kier molecular flexibility index (Phi) is 11.5. The number of hydrogen-bond donors (Lipinski definition) is 3. The van der Waals surface area contributed by atoms with E-state index < -0.39 is 41.3 Å². The van der Waals surface area contributed by atoms with Crippen LogP contribution in [-0.2, 0) is 32.0 Å². The Morgan fingerprint density at radius 3 is 2.27 bits per heavy atom. The molecule has 0 unspecified atom stereocenters. The zero-order chi connectivity index (χ0) is 30.8. The van der Waals surface area contributed by atoms with Gasteiger partial charge in [0, 0.05) is 43.5 Å². The van der Waals surface area contributed by atoms with E-state index in [1.807, 2.05) is 0 Å². The number of carbonyl (C=O) groups excluding carboxylic acids is 4. The molecule has 14 heteroatoms. The molecule has 1 atom stereocenters. The first-order chi connectivity index (χ1) is 19.1. The van der Waals surface area contributed by atoms with E-state index in [1.165, 1.54) is 37.7 Å². The molecule has 2 aromatic rings. The summed E-state index contributed by atoms with van der Waals surface area (Å²) in [6.45, 7) is 10.5. The summed E-state index contributed by atoms with van der Waals surface area (Å²) in [6.07, 6.45) is 1.83. The lowest BCUT2D eigenvalue weighted by atomic mass is 10.1. The Bertz CT molecular complexity index is 1190. The molecule has 0 bridgehead atoms. The van der Waals surface area contributed by atoms with Crippen LogP contribution in [0.1, 0.15) is 63.4 Å². The molecular formula is C27H40N6O8. The Balaban J connectivity index is 2.25. The van der Waals surface area contributed by atoms with E-state index in [4.69, 9.17) is 18.9 Å². The van der Waals surface area contributed by atoms with Crippen LogP contribution in [0.2, 0.25) is 0 Å². The molecule has 0 aliphatic carbocycles. The quantitative estimate of drug-likeness (QED) is 0.266. The second-order valence-corrected chi connectivity index (χ2v) is 11.0. The highest BCUT2D eigenvalue weighted by atomic mass is 16.6. The minimum absolute atomic E-state index is 0.0473. The molecular weight excluding hydrogens is 536 g/mol. The maximum absolute atomic E-state index is 13.2. The largest absolute Gasteiger partial charge is 0.497 e. The van der Waals surface area contributed by atoms with Gasteiger partial charge in [-0.1, -0.05) is 0 Å². The molecule has 0 aromatic carbocycles. The fourth-order valence-corrected chi connectivity index (χ4v) is 3.42. The topological polar surface area (TPSA) is 174 Å². The van der Waals surface area contributed by atoms with Gasteiger partial charge in [-0.05, 0) is 41.5 Å². The van der Waals surface area contributed by atoms with Gasteiger partial charge in [-0.15, -0.1) is 0 Å². The molecule has 3 N–H and O–H groups in total. The number of alkyl carbamates (subject to hydrolysis) is 1. The Hall–Kier alpha value is -4.36. The summed E-state index contributed by atoms with van der Waals surface area (Å²) in [7, 11) is 2.64. The molecule has 0 aliphatic rings. The summed E-state index contributed by atoms with van der Waals surface area (Å²) in [5, 5.41) is 5.24. The second kappa shape index (κ2) is 14.3. The van der Waals surface area contributed by atoms with Crippen LogP contribution in [0.5, 0.6) is 5.75 Å². The van der Waals surface area contributed by atoms with Crippen molar-refractivity contribution < 1.29 is 38.1 Å². The number of rotatable bonds is 11. The number of hydrogen-bond acceptors (Lipinski definition) is 10. The second-order valence-electron chi connectivity index (χ2n) is 11.0. The molecule has 0 aliphatic heterocycles. The first-order valence-electron chi connectivity index (χ1n) is 13.0. The van der Waals surface area contributed by atoms with Gasteiger partial charge < -0.3 is 39.5 Å². The number of H-pyrrole nitrogens is 1. The van der Waals surface area contributed by atoms with Crippen molar-refractivity contribution in [3.8, 4) is 5.75 Å². The van der Waals surface area contributed by atoms with Gasteiger partial charge in [0.1, 0.15) is 28.7 Å². The third kappa shape index (κ3) is 11.7. The molecule has 0 radical (unpaired) electrons. The third-order valence-electron chi connectivity index (χ3n) is 5.14. The molecule has 0 fully saturated rings. The van der Waals surface area contributed by atoms with Crippen molar-refractivity contribution in [2.45, 2.75) is 71.8 Å². The van der Waals surface area contributed by atoms with Gasteiger partial charge >= 0.3 is 18.2 Å². The van der Waals surface area contributed by atoms with Crippen LogP contribution in [0, 0.1) is 0 Å². The normalized spacial score (nSPS) is 12.1. The highest BCUT2D eigenvalue weighted by molar-refractivity contribution is 5.95. The van der Waals surface area contributed by atoms with Crippen LogP contribution in [0.15, 0.2) is 24.7 Å². The van der Waals surface area contributed by atoms with E-state index in [0.717, 1.165) is 0 Å². The summed E-state index contributed by atoms with van der Waals surface area (Å²) in [5.41, 5.74) is -0.581. The Morgan fingerprint density at radius 1 is 1.02 bits per heavy atom. The SMILES string of the molecule is COC(=O)[C@H](Cc1cnc[nH]1)NC(=O)c1cc(OC)cc(CN(CCNC(=O)OC(C)(C)C)C(=O)OC(C)(C)C)n1. The number of aromatic amines is 1. The lowest BCUT2D eigenvalue weighted by molar-refractivity contribution is -0.142. The van der Waals surface area contributed by atoms with Gasteiger partial charge in [0.25, 0.3) is 5.91 Å². The van der Waals surface area contributed by atoms with Crippen LogP contribution in [-0.4, -0.2) is 88.5 Å². The van der Waals surface area contributed by atoms with E-state index in [2.05, 4.69) is 25.6 Å². The molecule has 2 heterocycles. The van der Waals surface area contributed by atoms with Crippen LogP contribution >= 0.6 is 0 Å². The minimum atomic E-state index is -1.01. The molecule has 0 spiro atoms. The monoisotopic (exact) mass is 576 g/mol. The summed E-state index contributed by atoms with van der Waals surface area (Å²) in [6, 6.07) is 1.96. The van der Waals surface area contributed by atoms with Crippen LogP contribution in [0.4, 0.5) is 9.59 Å². The highest BCUT2D eigenvalue weighted by Gasteiger charge is 2.26. The van der Waals surface area contributed by atoms with Gasteiger partial charge in [0.05, 0.1) is 32.8 Å². The predicted octanol–water partition coefficient (Wildman–Crippen LogP) is 2.59. The van der Waals surface area contributed by atoms with Crippen molar-refractivity contribution in [3.63, 3.8) is 0 Å². The average Bonchev–Trinajstić information content (AvgIpc) is 3.38. The summed E-state index contributed by atoms with van der Waals surface area (Å²) < 4.78 is 21.0. The van der Waals surface area contributed by atoms with Crippen molar-refractivity contribution >= 4 is 24.1 Å². The smallest absolute Gasteiger partial charge is 0.410 e. The fourth-order valence-electron chi connectivity index (χ4n) is 3.42. The standard InChI is InChI=1S/C27H40N6O8/c1-26(2,3)40-24(36)29-9-10-33(25(37)41-27(4,5)6)15-18-11-19(38-7)13-20(31-18)22(34)32-21(23(35)39-8)12-17-14-28-16-30-17/h11,13-14,16,21H,9-10,12,15H2,1-8H3,(H,28,30)(H,29,36)(H,32,34)/t21-/m0/s1. The van der Waals surface area contributed by atoms with Gasteiger partial charge in [0.2, 0.25) is 0 Å². The molecule has 3 amide bonds. The first-order valence-corrected chi connectivity index (χ1v) is 13.0. The van der Waals surface area contributed by atoms with Crippen molar-refractivity contribution in [3.05, 3.63) is 41.7 Å². The number of carbonyl (C=O) groups is 4. The number of pyridine rings is 1. The summed E-state index contributed by atoms with van der Waals surface area (Å²) in [4.78, 5) is 63.1. The van der Waals surface area contributed by atoms with Crippen LogP contribution < -0.4 is 15.4 Å². The molecule has 41 heavy (non-hydrogen) atoms. The molecule has 2 rings (SSSR count). The average molecular weight is 577 g/mol. The lowest BCUT2D eigenvalue weighted by Gasteiger charge is -2.28. The first kappa shape index (κ1) is 32.8. The zero-order valence-electron chi connectivity index (χ0n) is 24.8. The maximum Gasteiger partial charge on any atom is 0.410 e. The van der Waals surface area contributed by atoms with Crippen molar-refractivity contribution in [1.29, 1.82) is 0 Å². The van der Waals surface area contributed by atoms with E-state index in [-0.39, 0.29) is 31.7 Å². The number of esters is 1. The third-order valence-corrected chi connectivity index (χ3v) is 5.14. The number of methoxy groups -OCH3 is 2. The van der Waals surface area contributed by atoms with Gasteiger partial charge in [-0.3, -0.25) is 4.79 Å². The number of amides is 3. The zero-order valence-corrected chi connectivity index (χ0v) is 24.8. The summed E-state index contributed by atoms with van der Waals surface area (Å²) >= 11 is 0. The molecule has 0 saturated heterocycles. The number of nitrogens with one attached hydrogen (secondary N) is 3. The number of ether oxygens (including phenoxy) is 4. The van der Waals surface area contributed by atoms with E-state index >= 15 is 0 Å². The molecule has 0 saturated carbocycles. The summed E-state index contributed by atoms with van der Waals surface area (Å²) in [5.74, 6) is -1.00. The number of imidazole rings is 1. The van der Waals surface area contributed by atoms with Crippen LogP contribution in [0.25, 0.3) is 0 Å². The lowest BCUT2D eigenvalue weighted by Crippen LogP contribution is -2.43. The van der Waals surface area contributed by atoms with Gasteiger partial charge in [-0.2, -0.15) is 0 Å². The van der Waals surface area contributed by atoms with E-state index in [9.17, 15) is 19.2 Å². The highest BCUT2D eigenvalue weighted by Crippen LogP contribution is 2.18. The van der Waals surface area contributed by atoms with Crippen molar-refractivity contribution in [2.75, 3.05) is 27.3 Å². The fraction of sp³-hybridized carbons (Fsp3) is 0.556.